The summed E-state index contributed by atoms with van der Waals surface area (Å²) in [6.45, 7) is 0. The third-order valence-corrected chi connectivity index (χ3v) is 4.42. The minimum atomic E-state index is -0.994. The van der Waals surface area contributed by atoms with Crippen LogP contribution in [0.5, 0.6) is 0 Å². The van der Waals surface area contributed by atoms with E-state index in [2.05, 4.69) is 12.1 Å². The number of nitrogens with two attached hydrogens (primary N) is 2. The maximum Gasteiger partial charge on any atom is 0.0900 e. The third kappa shape index (κ3) is 8.04. The number of hydrogen-bond donors (Lipinski definition) is 4. The highest BCUT2D eigenvalue weighted by molar-refractivity contribution is 5.85. The Kier molecular flexibility index (Phi) is 11.7. The van der Waals surface area contributed by atoms with E-state index in [1.54, 1.807) is 0 Å². The van der Waals surface area contributed by atoms with Gasteiger partial charge >= 0.3 is 0 Å². The predicted molar refractivity (Wildman–Crippen MR) is 112 cm³/mol. The average molecular weight is 401 g/mol. The van der Waals surface area contributed by atoms with Crippen molar-refractivity contribution in [2.75, 3.05) is 0 Å². The number of aliphatic hydroxyl groups excluding tert-OH is 2. The summed E-state index contributed by atoms with van der Waals surface area (Å²) in [7, 11) is 0. The Balaban J connectivity index is 0.00000312. The van der Waals surface area contributed by atoms with Crippen molar-refractivity contribution >= 4 is 24.8 Å². The summed E-state index contributed by atoms with van der Waals surface area (Å²) in [6.07, 6.45) is 1.51. The third-order valence-electron chi connectivity index (χ3n) is 4.42. The first-order chi connectivity index (χ1) is 11.5. The number of rotatable bonds is 9. The largest absolute Gasteiger partial charge is 0.390 e. The van der Waals surface area contributed by atoms with Gasteiger partial charge in [-0.25, -0.2) is 0 Å². The molecular formula is C20H30Cl2N2O2. The number of hydrogen-bond acceptors (Lipinski definition) is 4. The second kappa shape index (κ2) is 12.3. The van der Waals surface area contributed by atoms with Crippen molar-refractivity contribution < 1.29 is 10.2 Å². The number of aliphatic hydroxyl groups is 2. The minimum Gasteiger partial charge on any atom is -0.390 e. The van der Waals surface area contributed by atoms with Crippen LogP contribution in [0.25, 0.3) is 0 Å². The highest BCUT2D eigenvalue weighted by atomic mass is 35.5. The Bertz CT molecular complexity index is 597. The van der Waals surface area contributed by atoms with Crippen LogP contribution in [0, 0.1) is 0 Å². The maximum absolute atomic E-state index is 10.2. The molecule has 0 saturated carbocycles. The summed E-state index contributed by atoms with van der Waals surface area (Å²) in [4.78, 5) is 0. The van der Waals surface area contributed by atoms with E-state index in [0.717, 1.165) is 18.4 Å². The highest BCUT2D eigenvalue weighted by Crippen LogP contribution is 2.20. The number of benzene rings is 2. The highest BCUT2D eigenvalue weighted by Gasteiger charge is 2.25. The lowest BCUT2D eigenvalue weighted by atomic mass is 9.92. The van der Waals surface area contributed by atoms with Gasteiger partial charge in [0.25, 0.3) is 0 Å². The van der Waals surface area contributed by atoms with Gasteiger partial charge in [-0.3, -0.25) is 0 Å². The van der Waals surface area contributed by atoms with Gasteiger partial charge < -0.3 is 21.7 Å². The molecule has 4 nitrogen and oxygen atoms in total. The van der Waals surface area contributed by atoms with Gasteiger partial charge in [0.1, 0.15) is 0 Å². The molecule has 0 aliphatic carbocycles. The summed E-state index contributed by atoms with van der Waals surface area (Å²) in [5, 5.41) is 20.3. The van der Waals surface area contributed by atoms with E-state index in [9.17, 15) is 10.2 Å². The van der Waals surface area contributed by atoms with Crippen molar-refractivity contribution in [3.8, 4) is 0 Å². The fourth-order valence-corrected chi connectivity index (χ4v) is 2.82. The number of aryl methyl sites for hydroxylation is 1. The zero-order chi connectivity index (χ0) is 17.4. The van der Waals surface area contributed by atoms with Gasteiger partial charge in [0.05, 0.1) is 17.9 Å². The smallest absolute Gasteiger partial charge is 0.0900 e. The lowest BCUT2D eigenvalue weighted by molar-refractivity contribution is 0.00448. The van der Waals surface area contributed by atoms with Crippen LogP contribution in [0.3, 0.4) is 0 Å². The molecule has 0 fully saturated rings. The molecule has 0 aromatic heterocycles. The Hall–Kier alpha value is -1.14. The summed E-state index contributed by atoms with van der Waals surface area (Å²) >= 11 is 0. The summed E-state index contributed by atoms with van der Waals surface area (Å²) < 4.78 is 0. The van der Waals surface area contributed by atoms with Gasteiger partial charge in [0, 0.05) is 0 Å². The molecule has 2 unspecified atom stereocenters. The van der Waals surface area contributed by atoms with Gasteiger partial charge in [0.2, 0.25) is 0 Å². The van der Waals surface area contributed by atoms with Crippen molar-refractivity contribution in [2.24, 2.45) is 11.5 Å². The molecular weight excluding hydrogens is 371 g/mol. The SMILES string of the molecule is Cl.Cl.NC(N)(CCC(O)C(O)CCCc1ccccc1)c1ccccc1. The fraction of sp³-hybridized carbons (Fsp3) is 0.400. The molecule has 6 heteroatoms. The van der Waals surface area contributed by atoms with Crippen LogP contribution >= 0.6 is 24.8 Å². The Morgan fingerprint density at radius 3 is 1.85 bits per heavy atom. The van der Waals surface area contributed by atoms with Crippen molar-refractivity contribution in [2.45, 2.75) is 50.0 Å². The van der Waals surface area contributed by atoms with Crippen molar-refractivity contribution in [1.82, 2.24) is 0 Å². The minimum absolute atomic E-state index is 0. The lowest BCUT2D eigenvalue weighted by Gasteiger charge is -2.27. The molecule has 0 aliphatic rings. The van der Waals surface area contributed by atoms with E-state index in [0.29, 0.717) is 19.3 Å². The van der Waals surface area contributed by atoms with Crippen LogP contribution in [0.2, 0.25) is 0 Å². The molecule has 0 radical (unpaired) electrons. The van der Waals surface area contributed by atoms with Gasteiger partial charge in [-0.2, -0.15) is 0 Å². The standard InChI is InChI=1S/C20H28N2O2.2ClH/c21-20(22,17-11-5-2-6-12-17)15-14-19(24)18(23)13-7-10-16-8-3-1-4-9-16;;/h1-6,8-9,11-12,18-19,23-24H,7,10,13-15,21-22H2;2*1H. The summed E-state index contributed by atoms with van der Waals surface area (Å²) in [5.41, 5.74) is 13.4. The molecule has 0 heterocycles. The molecule has 2 rings (SSSR count). The quantitative estimate of drug-likeness (QED) is 0.486. The maximum atomic E-state index is 10.2. The molecule has 0 amide bonds. The van der Waals surface area contributed by atoms with Crippen LogP contribution in [-0.4, -0.2) is 22.4 Å². The fourth-order valence-electron chi connectivity index (χ4n) is 2.82. The van der Waals surface area contributed by atoms with Gasteiger partial charge in [-0.15, -0.1) is 24.8 Å². The molecule has 146 valence electrons. The van der Waals surface area contributed by atoms with Crippen molar-refractivity contribution in [3.63, 3.8) is 0 Å². The van der Waals surface area contributed by atoms with Crippen LogP contribution < -0.4 is 11.5 Å². The molecule has 2 aromatic rings. The van der Waals surface area contributed by atoms with Crippen LogP contribution in [0.1, 0.15) is 36.8 Å². The van der Waals surface area contributed by atoms with Gasteiger partial charge in [0.15, 0.2) is 0 Å². The topological polar surface area (TPSA) is 92.5 Å². The van der Waals surface area contributed by atoms with E-state index in [-0.39, 0.29) is 24.8 Å². The first-order valence-electron chi connectivity index (χ1n) is 8.52. The summed E-state index contributed by atoms with van der Waals surface area (Å²) in [5.74, 6) is 0. The van der Waals surface area contributed by atoms with Gasteiger partial charge in [-0.05, 0) is 43.2 Å². The van der Waals surface area contributed by atoms with Crippen molar-refractivity contribution in [1.29, 1.82) is 0 Å². The zero-order valence-electron chi connectivity index (χ0n) is 14.8. The molecule has 0 aliphatic heterocycles. The van der Waals surface area contributed by atoms with Crippen molar-refractivity contribution in [3.05, 3.63) is 71.8 Å². The van der Waals surface area contributed by atoms with E-state index < -0.39 is 17.9 Å². The molecule has 6 N–H and O–H groups in total. The van der Waals surface area contributed by atoms with Crippen LogP contribution in [-0.2, 0) is 12.1 Å². The van der Waals surface area contributed by atoms with E-state index in [1.165, 1.54) is 5.56 Å². The molecule has 0 bridgehead atoms. The first kappa shape index (κ1) is 24.9. The molecule has 2 aromatic carbocycles. The molecule has 0 saturated heterocycles. The second-order valence-electron chi connectivity index (χ2n) is 6.46. The van der Waals surface area contributed by atoms with Crippen LogP contribution in [0.15, 0.2) is 60.7 Å². The lowest BCUT2D eigenvalue weighted by Crippen LogP contribution is -2.47. The van der Waals surface area contributed by atoms with E-state index >= 15 is 0 Å². The first-order valence-corrected chi connectivity index (χ1v) is 8.52. The van der Waals surface area contributed by atoms with E-state index in [1.807, 2.05) is 48.5 Å². The number of halogens is 2. The monoisotopic (exact) mass is 400 g/mol. The Morgan fingerprint density at radius 2 is 1.27 bits per heavy atom. The molecule has 0 spiro atoms. The Labute approximate surface area is 168 Å². The van der Waals surface area contributed by atoms with Gasteiger partial charge in [-0.1, -0.05) is 60.7 Å². The Morgan fingerprint density at radius 1 is 0.769 bits per heavy atom. The second-order valence-corrected chi connectivity index (χ2v) is 6.46. The predicted octanol–water partition coefficient (Wildman–Crippen LogP) is 3.13. The van der Waals surface area contributed by atoms with E-state index in [4.69, 9.17) is 11.5 Å². The zero-order valence-corrected chi connectivity index (χ0v) is 16.5. The van der Waals surface area contributed by atoms with Crippen LogP contribution in [0.4, 0.5) is 0 Å². The summed E-state index contributed by atoms with van der Waals surface area (Å²) in [6, 6.07) is 19.6. The average Bonchev–Trinajstić information content (AvgIpc) is 2.61. The molecule has 2 atom stereocenters. The normalized spacial score (nSPS) is 13.2. The molecule has 26 heavy (non-hydrogen) atoms.